The fourth-order valence-corrected chi connectivity index (χ4v) is 1.38. The quantitative estimate of drug-likeness (QED) is 0.600. The summed E-state index contributed by atoms with van der Waals surface area (Å²) in [5.74, 6) is -0.807. The van der Waals surface area contributed by atoms with E-state index >= 15 is 0 Å². The molecule has 0 saturated carbocycles. The molecule has 0 N–H and O–H groups in total. The Morgan fingerprint density at radius 3 is 2.88 bits per heavy atom. The Bertz CT molecular complexity index is 427. The zero-order valence-electron chi connectivity index (χ0n) is 9.09. The average molecular weight is 243 g/mol. The molecule has 0 aliphatic rings. The highest BCUT2D eigenvalue weighted by molar-refractivity contribution is 6.32. The van der Waals surface area contributed by atoms with Crippen LogP contribution in [0.5, 0.6) is 0 Å². The van der Waals surface area contributed by atoms with E-state index in [-0.39, 0.29) is 5.82 Å². The maximum absolute atomic E-state index is 13.1. The summed E-state index contributed by atoms with van der Waals surface area (Å²) < 4.78 is 17.8. The monoisotopic (exact) mass is 242 g/mol. The average Bonchev–Trinajstić information content (AvgIpc) is 2.25. The number of hydrogen-bond donors (Lipinski definition) is 0. The van der Waals surface area contributed by atoms with Crippen molar-refractivity contribution in [2.75, 3.05) is 6.61 Å². The van der Waals surface area contributed by atoms with Crippen molar-refractivity contribution in [1.29, 1.82) is 0 Å². The highest BCUT2D eigenvalue weighted by Crippen LogP contribution is 2.24. The predicted molar refractivity (Wildman–Crippen MR) is 61.8 cm³/mol. The van der Waals surface area contributed by atoms with E-state index in [2.05, 4.69) is 0 Å². The number of ether oxygens (including phenoxy) is 1. The van der Waals surface area contributed by atoms with E-state index in [1.54, 1.807) is 13.8 Å². The maximum atomic E-state index is 13.1. The summed E-state index contributed by atoms with van der Waals surface area (Å²) in [5, 5.41) is 0.306. The molecule has 4 heteroatoms. The van der Waals surface area contributed by atoms with Crippen LogP contribution in [0.25, 0.3) is 6.08 Å². The van der Waals surface area contributed by atoms with Gasteiger partial charge in [0.05, 0.1) is 11.6 Å². The molecule has 0 bridgehead atoms. The van der Waals surface area contributed by atoms with Crippen molar-refractivity contribution in [3.8, 4) is 0 Å². The van der Waals surface area contributed by atoms with E-state index in [0.717, 1.165) is 0 Å². The lowest BCUT2D eigenvalue weighted by Gasteiger charge is -2.03. The van der Waals surface area contributed by atoms with Gasteiger partial charge in [0.25, 0.3) is 0 Å². The Morgan fingerprint density at radius 2 is 2.25 bits per heavy atom. The molecule has 0 radical (unpaired) electrons. The molecule has 1 aromatic carbocycles. The summed E-state index contributed by atoms with van der Waals surface area (Å²) in [5.41, 5.74) is 0.960. The first-order chi connectivity index (χ1) is 7.56. The molecule has 0 atom stereocenters. The van der Waals surface area contributed by atoms with Crippen molar-refractivity contribution < 1.29 is 13.9 Å². The maximum Gasteiger partial charge on any atom is 0.330 e. The van der Waals surface area contributed by atoms with Crippen molar-refractivity contribution in [2.24, 2.45) is 0 Å². The van der Waals surface area contributed by atoms with Gasteiger partial charge in [-0.2, -0.15) is 0 Å². The Hall–Kier alpha value is -1.35. The van der Waals surface area contributed by atoms with Crippen LogP contribution in [0.2, 0.25) is 5.02 Å². The molecule has 0 aromatic heterocycles. The predicted octanol–water partition coefficient (Wildman–Crippen LogP) is 3.36. The van der Waals surface area contributed by atoms with Crippen LogP contribution in [-0.2, 0) is 9.53 Å². The fourth-order valence-electron chi connectivity index (χ4n) is 1.16. The van der Waals surface area contributed by atoms with E-state index in [0.29, 0.717) is 22.8 Å². The van der Waals surface area contributed by atoms with Gasteiger partial charge in [-0.05, 0) is 31.6 Å². The second-order valence-corrected chi connectivity index (χ2v) is 3.54. The number of carbonyl (C=O) groups excluding carboxylic acids is 1. The van der Waals surface area contributed by atoms with Gasteiger partial charge in [0.15, 0.2) is 0 Å². The van der Waals surface area contributed by atoms with Crippen LogP contribution in [0.4, 0.5) is 4.39 Å². The van der Waals surface area contributed by atoms with Gasteiger partial charge >= 0.3 is 5.97 Å². The van der Waals surface area contributed by atoms with E-state index < -0.39 is 5.97 Å². The van der Waals surface area contributed by atoms with Gasteiger partial charge in [-0.3, -0.25) is 0 Å². The number of hydrogen-bond acceptors (Lipinski definition) is 2. The van der Waals surface area contributed by atoms with Crippen LogP contribution >= 0.6 is 11.6 Å². The van der Waals surface area contributed by atoms with E-state index in [4.69, 9.17) is 16.3 Å². The summed E-state index contributed by atoms with van der Waals surface area (Å²) >= 11 is 5.92. The van der Waals surface area contributed by atoms with Gasteiger partial charge in [0.2, 0.25) is 0 Å². The smallest absolute Gasteiger partial charge is 0.330 e. The lowest BCUT2D eigenvalue weighted by Crippen LogP contribution is -1.98. The molecule has 0 amide bonds. The van der Waals surface area contributed by atoms with Gasteiger partial charge < -0.3 is 4.74 Å². The Kier molecular flexibility index (Phi) is 4.50. The summed E-state index contributed by atoms with van der Waals surface area (Å²) in [6.07, 6.45) is 2.77. The summed E-state index contributed by atoms with van der Waals surface area (Å²) in [6, 6.07) is 2.83. The third kappa shape index (κ3) is 3.07. The van der Waals surface area contributed by atoms with Crippen LogP contribution in [-0.4, -0.2) is 12.6 Å². The van der Waals surface area contributed by atoms with Crippen LogP contribution in [0.1, 0.15) is 18.1 Å². The Labute approximate surface area is 98.7 Å². The Morgan fingerprint density at radius 1 is 1.56 bits per heavy atom. The number of carbonyl (C=O) groups is 1. The molecule has 1 aromatic rings. The van der Waals surface area contributed by atoms with E-state index in [1.807, 2.05) is 0 Å². The normalized spacial score (nSPS) is 10.8. The fraction of sp³-hybridized carbons (Fsp3) is 0.250. The van der Waals surface area contributed by atoms with Crippen molar-refractivity contribution in [1.82, 2.24) is 0 Å². The summed E-state index contributed by atoms with van der Waals surface area (Å²) in [7, 11) is 0. The SMILES string of the molecule is CCOC(=O)C=Cc1ccc(F)c(C)c1Cl. The molecule has 16 heavy (non-hydrogen) atoms. The van der Waals surface area contributed by atoms with E-state index in [1.165, 1.54) is 24.3 Å². The zero-order chi connectivity index (χ0) is 12.1. The minimum Gasteiger partial charge on any atom is -0.463 e. The molecule has 0 heterocycles. The minimum atomic E-state index is -0.444. The molecule has 0 saturated heterocycles. The molecule has 1 rings (SSSR count). The van der Waals surface area contributed by atoms with Gasteiger partial charge in [-0.15, -0.1) is 0 Å². The first-order valence-electron chi connectivity index (χ1n) is 4.85. The molecule has 2 nitrogen and oxygen atoms in total. The third-order valence-electron chi connectivity index (χ3n) is 2.04. The first-order valence-corrected chi connectivity index (χ1v) is 5.23. The second-order valence-electron chi connectivity index (χ2n) is 3.16. The summed E-state index contributed by atoms with van der Waals surface area (Å²) in [6.45, 7) is 3.62. The molecule has 0 aliphatic heterocycles. The summed E-state index contributed by atoms with van der Waals surface area (Å²) in [4.78, 5) is 11.1. The molecule has 0 fully saturated rings. The highest BCUT2D eigenvalue weighted by Gasteiger charge is 2.05. The number of rotatable bonds is 3. The van der Waals surface area contributed by atoms with Crippen LogP contribution < -0.4 is 0 Å². The largest absolute Gasteiger partial charge is 0.463 e. The van der Waals surface area contributed by atoms with Crippen molar-refractivity contribution in [3.63, 3.8) is 0 Å². The third-order valence-corrected chi connectivity index (χ3v) is 2.54. The van der Waals surface area contributed by atoms with Crippen LogP contribution in [0, 0.1) is 12.7 Å². The van der Waals surface area contributed by atoms with Crippen LogP contribution in [0.15, 0.2) is 18.2 Å². The van der Waals surface area contributed by atoms with Gasteiger partial charge in [-0.1, -0.05) is 17.7 Å². The molecular weight excluding hydrogens is 231 g/mol. The standard InChI is InChI=1S/C12H12ClFO2/c1-3-16-11(15)7-5-9-4-6-10(14)8(2)12(9)13/h4-7H,3H2,1-2H3. The minimum absolute atomic E-state index is 0.306. The number of benzene rings is 1. The Balaban J connectivity index is 2.90. The topological polar surface area (TPSA) is 26.3 Å². The number of halogens is 2. The van der Waals surface area contributed by atoms with Crippen LogP contribution in [0.3, 0.4) is 0 Å². The lowest BCUT2D eigenvalue weighted by molar-refractivity contribution is -0.137. The van der Waals surface area contributed by atoms with Gasteiger partial charge in [0, 0.05) is 11.6 Å². The van der Waals surface area contributed by atoms with Gasteiger partial charge in [-0.25, -0.2) is 9.18 Å². The van der Waals surface area contributed by atoms with Crippen molar-refractivity contribution >= 4 is 23.6 Å². The van der Waals surface area contributed by atoms with Crippen molar-refractivity contribution in [3.05, 3.63) is 40.2 Å². The van der Waals surface area contributed by atoms with Crippen molar-refractivity contribution in [2.45, 2.75) is 13.8 Å². The number of esters is 1. The molecular formula is C12H12ClFO2. The second kappa shape index (κ2) is 5.66. The van der Waals surface area contributed by atoms with Gasteiger partial charge in [0.1, 0.15) is 5.82 Å². The van der Waals surface area contributed by atoms with E-state index in [9.17, 15) is 9.18 Å². The zero-order valence-corrected chi connectivity index (χ0v) is 9.84. The molecule has 0 unspecified atom stereocenters. The highest BCUT2D eigenvalue weighted by atomic mass is 35.5. The molecule has 0 aliphatic carbocycles. The molecule has 86 valence electrons. The molecule has 0 spiro atoms. The first kappa shape index (κ1) is 12.7. The lowest BCUT2D eigenvalue weighted by atomic mass is 10.1.